The molecule has 6 heteroatoms. The number of allylic oxidation sites excluding steroid dienone is 2. The van der Waals surface area contributed by atoms with Crippen molar-refractivity contribution in [2.45, 2.75) is 25.3 Å². The fourth-order valence-corrected chi connectivity index (χ4v) is 4.17. The Balaban J connectivity index is 1.42. The van der Waals surface area contributed by atoms with Gasteiger partial charge in [-0.1, -0.05) is 12.2 Å². The Morgan fingerprint density at radius 1 is 1.24 bits per heavy atom. The summed E-state index contributed by atoms with van der Waals surface area (Å²) < 4.78 is 4.75. The summed E-state index contributed by atoms with van der Waals surface area (Å²) in [7, 11) is 0. The maximum absolute atomic E-state index is 12.6. The molecule has 0 radical (unpaired) electrons. The topological polar surface area (TPSA) is 66.9 Å². The minimum atomic E-state index is -0.567. The van der Waals surface area contributed by atoms with Crippen LogP contribution in [0.2, 0.25) is 0 Å². The SMILES string of the molecule is O=C(C1CC2C=CC1C2)N1CCC(N2C(=O)COC2=O)C1. The van der Waals surface area contributed by atoms with Crippen molar-refractivity contribution in [3.8, 4) is 0 Å². The number of hydrogen-bond donors (Lipinski definition) is 0. The Morgan fingerprint density at radius 2 is 2.10 bits per heavy atom. The van der Waals surface area contributed by atoms with Crippen molar-refractivity contribution in [1.82, 2.24) is 9.80 Å². The molecule has 2 aliphatic heterocycles. The average molecular weight is 290 g/mol. The smallest absolute Gasteiger partial charge is 0.417 e. The minimum absolute atomic E-state index is 0.0972. The van der Waals surface area contributed by atoms with Gasteiger partial charge < -0.3 is 9.64 Å². The van der Waals surface area contributed by atoms with Crippen LogP contribution in [0, 0.1) is 17.8 Å². The Bertz CT molecular complexity index is 528. The molecule has 0 aromatic rings. The molecule has 3 fully saturated rings. The van der Waals surface area contributed by atoms with Crippen molar-refractivity contribution < 1.29 is 19.1 Å². The normalized spacial score (nSPS) is 37.7. The highest BCUT2D eigenvalue weighted by Gasteiger charge is 2.45. The van der Waals surface area contributed by atoms with Crippen LogP contribution in [0.5, 0.6) is 0 Å². The third-order valence-corrected chi connectivity index (χ3v) is 5.22. The maximum Gasteiger partial charge on any atom is 0.417 e. The Kier molecular flexibility index (Phi) is 2.80. The summed E-state index contributed by atoms with van der Waals surface area (Å²) in [6.07, 6.45) is 6.54. The van der Waals surface area contributed by atoms with E-state index < -0.39 is 6.09 Å². The van der Waals surface area contributed by atoms with Gasteiger partial charge in [-0.25, -0.2) is 9.69 Å². The van der Waals surface area contributed by atoms with Gasteiger partial charge in [0.1, 0.15) is 0 Å². The molecule has 0 aromatic heterocycles. The molecule has 4 unspecified atom stereocenters. The zero-order chi connectivity index (χ0) is 14.6. The Labute approximate surface area is 122 Å². The van der Waals surface area contributed by atoms with E-state index in [1.54, 1.807) is 0 Å². The van der Waals surface area contributed by atoms with Crippen LogP contribution in [0.4, 0.5) is 4.79 Å². The number of hydrogen-bond acceptors (Lipinski definition) is 4. The van der Waals surface area contributed by atoms with Crippen LogP contribution in [0.1, 0.15) is 19.3 Å². The molecule has 2 aliphatic carbocycles. The number of cyclic esters (lactones) is 1. The Hall–Kier alpha value is -1.85. The van der Waals surface area contributed by atoms with E-state index >= 15 is 0 Å². The Morgan fingerprint density at radius 3 is 2.71 bits per heavy atom. The molecule has 112 valence electrons. The summed E-state index contributed by atoms with van der Waals surface area (Å²) in [5, 5.41) is 0. The van der Waals surface area contributed by atoms with E-state index in [0.29, 0.717) is 31.3 Å². The van der Waals surface area contributed by atoms with Crippen LogP contribution in [-0.2, 0) is 14.3 Å². The lowest BCUT2D eigenvalue weighted by Gasteiger charge is -2.25. The van der Waals surface area contributed by atoms with Gasteiger partial charge in [0.25, 0.3) is 5.91 Å². The van der Waals surface area contributed by atoms with Crippen LogP contribution >= 0.6 is 0 Å². The van der Waals surface area contributed by atoms with E-state index in [0.717, 1.165) is 12.8 Å². The van der Waals surface area contributed by atoms with Crippen molar-refractivity contribution in [3.63, 3.8) is 0 Å². The van der Waals surface area contributed by atoms with E-state index in [2.05, 4.69) is 12.2 Å². The molecule has 1 saturated carbocycles. The first-order valence-corrected chi connectivity index (χ1v) is 7.59. The molecule has 0 aromatic carbocycles. The lowest BCUT2D eigenvalue weighted by molar-refractivity contribution is -0.136. The molecule has 0 N–H and O–H groups in total. The molecule has 0 spiro atoms. The van der Waals surface area contributed by atoms with E-state index in [1.807, 2.05) is 4.90 Å². The number of ether oxygens (including phenoxy) is 1. The fourth-order valence-electron chi connectivity index (χ4n) is 4.17. The lowest BCUT2D eigenvalue weighted by atomic mass is 9.92. The molecule has 4 aliphatic rings. The second kappa shape index (κ2) is 4.58. The second-order valence-electron chi connectivity index (χ2n) is 6.43. The highest BCUT2D eigenvalue weighted by Crippen LogP contribution is 2.44. The summed E-state index contributed by atoms with van der Waals surface area (Å²) in [4.78, 5) is 38.9. The monoisotopic (exact) mass is 290 g/mol. The van der Waals surface area contributed by atoms with Crippen LogP contribution in [0.3, 0.4) is 0 Å². The van der Waals surface area contributed by atoms with Crippen molar-refractivity contribution in [2.75, 3.05) is 19.7 Å². The molecule has 4 atom stereocenters. The third-order valence-electron chi connectivity index (χ3n) is 5.22. The molecule has 2 saturated heterocycles. The average Bonchev–Trinajstić information content (AvgIpc) is 3.22. The number of carbonyl (C=O) groups excluding carboxylic acids is 3. The summed E-state index contributed by atoms with van der Waals surface area (Å²) in [5.41, 5.74) is 0. The van der Waals surface area contributed by atoms with Crippen molar-refractivity contribution in [1.29, 1.82) is 0 Å². The van der Waals surface area contributed by atoms with Crippen molar-refractivity contribution in [3.05, 3.63) is 12.2 Å². The van der Waals surface area contributed by atoms with E-state index in [9.17, 15) is 14.4 Å². The number of amides is 3. The molecule has 21 heavy (non-hydrogen) atoms. The summed E-state index contributed by atoms with van der Waals surface area (Å²) in [5.74, 6) is 0.953. The molecule has 6 nitrogen and oxygen atoms in total. The van der Waals surface area contributed by atoms with E-state index in [-0.39, 0.29) is 30.4 Å². The predicted molar refractivity (Wildman–Crippen MR) is 72.0 cm³/mol. The van der Waals surface area contributed by atoms with Gasteiger partial charge in [0.05, 0.1) is 6.04 Å². The van der Waals surface area contributed by atoms with Crippen LogP contribution < -0.4 is 0 Å². The summed E-state index contributed by atoms with van der Waals surface area (Å²) in [6, 6.07) is -0.217. The van der Waals surface area contributed by atoms with Gasteiger partial charge in [0.15, 0.2) is 6.61 Å². The molecule has 2 bridgehead atoms. The largest absolute Gasteiger partial charge is 0.439 e. The highest BCUT2D eigenvalue weighted by atomic mass is 16.6. The van der Waals surface area contributed by atoms with Gasteiger partial charge in [-0.15, -0.1) is 0 Å². The minimum Gasteiger partial charge on any atom is -0.439 e. The van der Waals surface area contributed by atoms with E-state index in [4.69, 9.17) is 4.74 Å². The molecule has 3 amide bonds. The number of rotatable bonds is 2. The molecule has 2 heterocycles. The molecular weight excluding hydrogens is 272 g/mol. The van der Waals surface area contributed by atoms with Crippen molar-refractivity contribution in [2.24, 2.45) is 17.8 Å². The van der Waals surface area contributed by atoms with Gasteiger partial charge >= 0.3 is 6.09 Å². The lowest BCUT2D eigenvalue weighted by Crippen LogP contribution is -2.43. The first-order chi connectivity index (χ1) is 10.1. The van der Waals surface area contributed by atoms with Gasteiger partial charge in [0, 0.05) is 19.0 Å². The molecule has 4 rings (SSSR count). The van der Waals surface area contributed by atoms with E-state index in [1.165, 1.54) is 4.90 Å². The predicted octanol–water partition coefficient (Wildman–Crippen LogP) is 0.778. The van der Waals surface area contributed by atoms with Crippen LogP contribution in [0.25, 0.3) is 0 Å². The van der Waals surface area contributed by atoms with Gasteiger partial charge in [-0.05, 0) is 31.1 Å². The van der Waals surface area contributed by atoms with Crippen LogP contribution in [-0.4, -0.2) is 53.4 Å². The van der Waals surface area contributed by atoms with Gasteiger partial charge in [-0.3, -0.25) is 9.59 Å². The number of carbonyl (C=O) groups is 3. The van der Waals surface area contributed by atoms with Crippen molar-refractivity contribution >= 4 is 17.9 Å². The zero-order valence-corrected chi connectivity index (χ0v) is 11.7. The quantitative estimate of drug-likeness (QED) is 0.705. The highest BCUT2D eigenvalue weighted by molar-refractivity contribution is 5.98. The van der Waals surface area contributed by atoms with Gasteiger partial charge in [-0.2, -0.15) is 0 Å². The second-order valence-corrected chi connectivity index (χ2v) is 6.43. The number of likely N-dealkylation sites (tertiary alicyclic amines) is 1. The standard InChI is InChI=1S/C15H18N2O4/c18-13-8-21-15(20)17(13)11-3-4-16(7-11)14(19)12-6-9-1-2-10(12)5-9/h1-2,9-12H,3-8H2. The summed E-state index contributed by atoms with van der Waals surface area (Å²) in [6.45, 7) is 0.913. The number of nitrogens with zero attached hydrogens (tertiary/aromatic N) is 2. The summed E-state index contributed by atoms with van der Waals surface area (Å²) >= 11 is 0. The molecular formula is C15H18N2O4. The first kappa shape index (κ1) is 12.9. The number of imide groups is 1. The third kappa shape index (κ3) is 1.96. The number of fused-ring (bicyclic) bond motifs is 2. The maximum atomic E-state index is 12.6. The first-order valence-electron chi connectivity index (χ1n) is 7.59. The van der Waals surface area contributed by atoms with Gasteiger partial charge in [0.2, 0.25) is 5.91 Å². The fraction of sp³-hybridized carbons (Fsp3) is 0.667. The van der Waals surface area contributed by atoms with Crippen LogP contribution in [0.15, 0.2) is 12.2 Å². The zero-order valence-electron chi connectivity index (χ0n) is 11.7.